The predicted octanol–water partition coefficient (Wildman–Crippen LogP) is 3.64. The molecule has 1 aromatic heterocycles. The molecule has 0 aliphatic rings. The van der Waals surface area contributed by atoms with Crippen molar-refractivity contribution in [2.24, 2.45) is 0 Å². The molecule has 3 rings (SSSR count). The number of furan rings is 1. The van der Waals surface area contributed by atoms with Gasteiger partial charge < -0.3 is 10.2 Å². The van der Waals surface area contributed by atoms with Crippen molar-refractivity contribution in [2.45, 2.75) is 11.8 Å². The van der Waals surface area contributed by atoms with E-state index in [1.165, 1.54) is 12.1 Å². The van der Waals surface area contributed by atoms with Gasteiger partial charge in [-0.25, -0.2) is 8.42 Å². The number of rotatable bonds is 4. The minimum atomic E-state index is -3.67. The van der Waals surface area contributed by atoms with Crippen molar-refractivity contribution < 1.29 is 12.8 Å². The Kier molecular flexibility index (Phi) is 3.83. The van der Waals surface area contributed by atoms with Gasteiger partial charge in [0.1, 0.15) is 5.76 Å². The van der Waals surface area contributed by atoms with E-state index in [1.54, 1.807) is 30.5 Å². The van der Waals surface area contributed by atoms with E-state index in [0.29, 0.717) is 17.1 Å². The topological polar surface area (TPSA) is 85.3 Å². The molecule has 0 saturated carbocycles. The summed E-state index contributed by atoms with van der Waals surface area (Å²) in [4.78, 5) is 0.162. The second-order valence-electron chi connectivity index (χ2n) is 5.18. The standard InChI is InChI=1S/C17H16N2O3S/c1-12-4-5-13(17-3-2-10-22-17)11-16(12)19-23(20,21)15-8-6-14(18)7-9-15/h2-11,19H,18H2,1H3. The van der Waals surface area contributed by atoms with Crippen molar-refractivity contribution in [3.63, 3.8) is 0 Å². The summed E-state index contributed by atoms with van der Waals surface area (Å²) in [5.74, 6) is 0.679. The fourth-order valence-corrected chi connectivity index (χ4v) is 3.30. The SMILES string of the molecule is Cc1ccc(-c2ccco2)cc1NS(=O)(=O)c1ccc(N)cc1. The average Bonchev–Trinajstić information content (AvgIpc) is 3.04. The molecule has 0 saturated heterocycles. The van der Waals surface area contributed by atoms with Crippen LogP contribution >= 0.6 is 0 Å². The maximum absolute atomic E-state index is 12.5. The van der Waals surface area contributed by atoms with E-state index < -0.39 is 10.0 Å². The fourth-order valence-electron chi connectivity index (χ4n) is 2.18. The van der Waals surface area contributed by atoms with Crippen molar-refractivity contribution in [1.29, 1.82) is 0 Å². The largest absolute Gasteiger partial charge is 0.464 e. The average molecular weight is 328 g/mol. The molecular formula is C17H16N2O3S. The Labute approximate surface area is 134 Å². The van der Waals surface area contributed by atoms with E-state index in [-0.39, 0.29) is 4.90 Å². The molecule has 0 unspecified atom stereocenters. The Morgan fingerprint density at radius 2 is 1.78 bits per heavy atom. The van der Waals surface area contributed by atoms with Gasteiger partial charge in [0, 0.05) is 11.3 Å². The molecule has 0 aliphatic carbocycles. The molecule has 0 spiro atoms. The first-order valence-electron chi connectivity index (χ1n) is 6.98. The number of benzene rings is 2. The van der Waals surface area contributed by atoms with E-state index in [2.05, 4.69) is 4.72 Å². The van der Waals surface area contributed by atoms with Crippen LogP contribution in [0.3, 0.4) is 0 Å². The van der Waals surface area contributed by atoms with Gasteiger partial charge in [0.2, 0.25) is 0 Å². The third kappa shape index (κ3) is 3.22. The lowest BCUT2D eigenvalue weighted by atomic mass is 10.1. The number of hydrogen-bond donors (Lipinski definition) is 2. The molecule has 23 heavy (non-hydrogen) atoms. The number of nitrogens with one attached hydrogen (secondary N) is 1. The van der Waals surface area contributed by atoms with Crippen LogP contribution in [-0.4, -0.2) is 8.42 Å². The molecule has 118 valence electrons. The van der Waals surface area contributed by atoms with Gasteiger partial charge in [-0.2, -0.15) is 0 Å². The molecule has 0 atom stereocenters. The molecule has 0 fully saturated rings. The Hall–Kier alpha value is -2.73. The first-order chi connectivity index (χ1) is 11.0. The predicted molar refractivity (Wildman–Crippen MR) is 90.5 cm³/mol. The third-order valence-corrected chi connectivity index (χ3v) is 4.86. The maximum Gasteiger partial charge on any atom is 0.261 e. The minimum absolute atomic E-state index is 0.162. The van der Waals surface area contributed by atoms with E-state index >= 15 is 0 Å². The van der Waals surface area contributed by atoms with Crippen LogP contribution in [0.1, 0.15) is 5.56 Å². The van der Waals surface area contributed by atoms with Crippen LogP contribution in [0, 0.1) is 6.92 Å². The van der Waals surface area contributed by atoms with Crippen LogP contribution in [0.2, 0.25) is 0 Å². The van der Waals surface area contributed by atoms with Crippen molar-refractivity contribution in [3.05, 3.63) is 66.4 Å². The lowest BCUT2D eigenvalue weighted by Crippen LogP contribution is -2.13. The Morgan fingerprint density at radius 1 is 1.04 bits per heavy atom. The summed E-state index contributed by atoms with van der Waals surface area (Å²) >= 11 is 0. The Morgan fingerprint density at radius 3 is 2.43 bits per heavy atom. The second kappa shape index (κ2) is 5.81. The van der Waals surface area contributed by atoms with E-state index in [9.17, 15) is 8.42 Å². The monoisotopic (exact) mass is 328 g/mol. The first-order valence-corrected chi connectivity index (χ1v) is 8.47. The second-order valence-corrected chi connectivity index (χ2v) is 6.86. The van der Waals surface area contributed by atoms with Crippen LogP contribution < -0.4 is 10.5 Å². The van der Waals surface area contributed by atoms with Crippen molar-refractivity contribution >= 4 is 21.4 Å². The molecule has 0 bridgehead atoms. The molecule has 5 nitrogen and oxygen atoms in total. The van der Waals surface area contributed by atoms with Crippen LogP contribution in [0.25, 0.3) is 11.3 Å². The summed E-state index contributed by atoms with van der Waals surface area (Å²) in [5.41, 5.74) is 8.24. The number of aryl methyl sites for hydroxylation is 1. The highest BCUT2D eigenvalue weighted by Crippen LogP contribution is 2.27. The maximum atomic E-state index is 12.5. The molecule has 0 aliphatic heterocycles. The van der Waals surface area contributed by atoms with Gasteiger partial charge in [-0.05, 0) is 55.0 Å². The lowest BCUT2D eigenvalue weighted by Gasteiger charge is -2.12. The summed E-state index contributed by atoms with van der Waals surface area (Å²) in [6.07, 6.45) is 1.58. The minimum Gasteiger partial charge on any atom is -0.464 e. The van der Waals surface area contributed by atoms with Gasteiger partial charge in [-0.3, -0.25) is 4.72 Å². The lowest BCUT2D eigenvalue weighted by molar-refractivity contribution is 0.582. The molecule has 2 aromatic carbocycles. The molecule has 0 amide bonds. The van der Waals surface area contributed by atoms with E-state index in [1.807, 2.05) is 25.1 Å². The zero-order chi connectivity index (χ0) is 16.4. The number of nitrogen functional groups attached to an aromatic ring is 1. The van der Waals surface area contributed by atoms with Gasteiger partial charge in [-0.1, -0.05) is 12.1 Å². The normalized spacial score (nSPS) is 11.3. The van der Waals surface area contributed by atoms with Gasteiger partial charge in [-0.15, -0.1) is 0 Å². The molecule has 0 radical (unpaired) electrons. The Bertz CT molecular complexity index is 915. The summed E-state index contributed by atoms with van der Waals surface area (Å²) in [6.45, 7) is 1.84. The first kappa shape index (κ1) is 15.2. The van der Waals surface area contributed by atoms with E-state index in [0.717, 1.165) is 11.1 Å². The zero-order valence-electron chi connectivity index (χ0n) is 12.5. The van der Waals surface area contributed by atoms with Crippen LogP contribution in [0.15, 0.2) is 70.2 Å². The molecule has 1 heterocycles. The summed E-state index contributed by atoms with van der Waals surface area (Å²) in [6, 6.07) is 15.2. The molecule has 6 heteroatoms. The van der Waals surface area contributed by atoms with Gasteiger partial charge in [0.25, 0.3) is 10.0 Å². The van der Waals surface area contributed by atoms with Gasteiger partial charge in [0.15, 0.2) is 0 Å². The van der Waals surface area contributed by atoms with Crippen LogP contribution in [0.5, 0.6) is 0 Å². The highest BCUT2D eigenvalue weighted by molar-refractivity contribution is 7.92. The quantitative estimate of drug-likeness (QED) is 0.716. The number of hydrogen-bond acceptors (Lipinski definition) is 4. The van der Waals surface area contributed by atoms with Gasteiger partial charge in [0.05, 0.1) is 16.8 Å². The van der Waals surface area contributed by atoms with Gasteiger partial charge >= 0.3 is 0 Å². The molecular weight excluding hydrogens is 312 g/mol. The summed E-state index contributed by atoms with van der Waals surface area (Å²) in [7, 11) is -3.67. The number of sulfonamides is 1. The molecule has 3 aromatic rings. The van der Waals surface area contributed by atoms with Crippen molar-refractivity contribution in [3.8, 4) is 11.3 Å². The number of nitrogens with two attached hydrogens (primary N) is 1. The van der Waals surface area contributed by atoms with E-state index in [4.69, 9.17) is 10.2 Å². The highest BCUT2D eigenvalue weighted by atomic mass is 32.2. The summed E-state index contributed by atoms with van der Waals surface area (Å²) in [5, 5.41) is 0. The highest BCUT2D eigenvalue weighted by Gasteiger charge is 2.16. The number of anilines is 2. The molecule has 3 N–H and O–H groups in total. The zero-order valence-corrected chi connectivity index (χ0v) is 13.3. The fraction of sp³-hybridized carbons (Fsp3) is 0.0588. The van der Waals surface area contributed by atoms with Crippen molar-refractivity contribution in [2.75, 3.05) is 10.5 Å². The summed E-state index contributed by atoms with van der Waals surface area (Å²) < 4.78 is 32.9. The smallest absolute Gasteiger partial charge is 0.261 e. The third-order valence-electron chi connectivity index (χ3n) is 3.48. The van der Waals surface area contributed by atoms with Crippen LogP contribution in [0.4, 0.5) is 11.4 Å². The Balaban J connectivity index is 1.96. The van der Waals surface area contributed by atoms with Crippen LogP contribution in [-0.2, 0) is 10.0 Å². The van der Waals surface area contributed by atoms with Crippen molar-refractivity contribution in [1.82, 2.24) is 0 Å².